The van der Waals surface area contributed by atoms with Gasteiger partial charge < -0.3 is 0 Å². The number of allylic oxidation sites excluding steroid dienone is 2. The van der Waals surface area contributed by atoms with Crippen molar-refractivity contribution in [1.29, 1.82) is 0 Å². The Balaban J connectivity index is 4.12. The maximum atomic E-state index is 4.79. The molecule has 0 fully saturated rings. The Bertz CT molecular complexity index is 497. The van der Waals surface area contributed by atoms with E-state index in [1.807, 2.05) is 0 Å². The molecule has 0 radical (unpaired) electrons. The Labute approximate surface area is 199 Å². The molecule has 182 valence electrons. The summed E-state index contributed by atoms with van der Waals surface area (Å²) in [4.78, 5) is 4.79. The summed E-state index contributed by atoms with van der Waals surface area (Å²) in [5.41, 5.74) is 0. The van der Waals surface area contributed by atoms with Crippen molar-refractivity contribution in [2.75, 3.05) is 6.54 Å². The second kappa shape index (κ2) is 18.1. The van der Waals surface area contributed by atoms with E-state index in [9.17, 15) is 0 Å². The molecule has 0 aromatic rings. The lowest BCUT2D eigenvalue weighted by atomic mass is 10.1. The molecular formula is C28H57NSi2. The van der Waals surface area contributed by atoms with Crippen molar-refractivity contribution in [2.24, 2.45) is 4.99 Å². The zero-order chi connectivity index (χ0) is 23.6. The van der Waals surface area contributed by atoms with E-state index in [0.717, 1.165) is 6.54 Å². The van der Waals surface area contributed by atoms with Crippen LogP contribution in [-0.2, 0) is 0 Å². The zero-order valence-electron chi connectivity index (χ0n) is 22.5. The molecule has 0 aliphatic carbocycles. The van der Waals surface area contributed by atoms with E-state index in [2.05, 4.69) is 60.9 Å². The van der Waals surface area contributed by atoms with Crippen LogP contribution < -0.4 is 0 Å². The highest BCUT2D eigenvalue weighted by atomic mass is 28.3. The normalized spacial score (nSPS) is 12.6. The van der Waals surface area contributed by atoms with E-state index in [0.29, 0.717) is 0 Å². The van der Waals surface area contributed by atoms with Crippen molar-refractivity contribution < 1.29 is 0 Å². The van der Waals surface area contributed by atoms with Crippen LogP contribution in [0.2, 0.25) is 36.3 Å². The van der Waals surface area contributed by atoms with Gasteiger partial charge in [0.1, 0.15) is 0 Å². The molecule has 0 aliphatic heterocycles. The monoisotopic (exact) mass is 463 g/mol. The summed E-state index contributed by atoms with van der Waals surface area (Å²) in [5.74, 6) is 0. The van der Waals surface area contributed by atoms with Gasteiger partial charge in [-0.1, -0.05) is 126 Å². The fourth-order valence-electron chi connectivity index (χ4n) is 5.56. The lowest BCUT2D eigenvalue weighted by Gasteiger charge is -2.32. The molecule has 0 heterocycles. The third-order valence-corrected chi connectivity index (χ3v) is 19.3. The van der Waals surface area contributed by atoms with Gasteiger partial charge in [0.05, 0.1) is 16.1 Å². The quantitative estimate of drug-likeness (QED) is 0.0911. The first kappa shape index (κ1) is 30.6. The molecule has 1 nitrogen and oxygen atoms in total. The summed E-state index contributed by atoms with van der Waals surface area (Å²) in [6.07, 6.45) is 15.8. The molecule has 0 saturated heterocycles. The molecule has 0 amide bonds. The van der Waals surface area contributed by atoms with Crippen molar-refractivity contribution in [1.82, 2.24) is 0 Å². The minimum atomic E-state index is -1.35. The van der Waals surface area contributed by atoms with Gasteiger partial charge in [-0.05, 0) is 32.5 Å². The van der Waals surface area contributed by atoms with E-state index >= 15 is 0 Å². The number of nitrogens with zero attached hydrogens (tertiary/aromatic N) is 1. The fourth-order valence-corrected chi connectivity index (χ4v) is 14.7. The Kier molecular flexibility index (Phi) is 17.8. The Morgan fingerprint density at radius 2 is 1.03 bits per heavy atom. The van der Waals surface area contributed by atoms with Crippen LogP contribution in [0.3, 0.4) is 0 Å². The van der Waals surface area contributed by atoms with Crippen molar-refractivity contribution in [3.63, 3.8) is 0 Å². The van der Waals surface area contributed by atoms with E-state index in [-0.39, 0.29) is 0 Å². The van der Waals surface area contributed by atoms with Crippen molar-refractivity contribution in [3.8, 4) is 0 Å². The first-order chi connectivity index (χ1) is 14.8. The Hall–Kier alpha value is -0.416. The predicted octanol–water partition coefficient (Wildman–Crippen LogP) is 10.2. The standard InChI is InChI=1S/C28H57NSi2/c1-9-21-30(22-10-2,27(5)6)25-18-16-14-13-15-17-19-29-20-26-31(23-11-3,24-12-4)28(7)8/h20H,5,7,9-19,21-26H2,1-4,6,8H3. The minimum absolute atomic E-state index is 1.03. The smallest absolute Gasteiger partial charge is 0.0856 e. The number of hydrogen-bond donors (Lipinski definition) is 0. The molecule has 3 heteroatoms. The van der Waals surface area contributed by atoms with Crippen molar-refractivity contribution >= 4 is 22.4 Å². The van der Waals surface area contributed by atoms with Gasteiger partial charge in [-0.3, -0.25) is 4.99 Å². The number of hydrogen-bond acceptors (Lipinski definition) is 1. The summed E-state index contributed by atoms with van der Waals surface area (Å²) in [6, 6.07) is 8.38. The van der Waals surface area contributed by atoms with Crippen LogP contribution in [0.4, 0.5) is 0 Å². The van der Waals surface area contributed by atoms with Crippen LogP contribution >= 0.6 is 0 Å². The van der Waals surface area contributed by atoms with Gasteiger partial charge in [0.15, 0.2) is 0 Å². The summed E-state index contributed by atoms with van der Waals surface area (Å²) in [6.45, 7) is 23.8. The van der Waals surface area contributed by atoms with Gasteiger partial charge in [-0.25, -0.2) is 0 Å². The highest BCUT2D eigenvalue weighted by Gasteiger charge is 2.31. The number of aliphatic imine (C=N–C) groups is 1. The topological polar surface area (TPSA) is 12.4 Å². The highest BCUT2D eigenvalue weighted by Crippen LogP contribution is 2.33. The maximum absolute atomic E-state index is 4.79. The van der Waals surface area contributed by atoms with Gasteiger partial charge in [0, 0.05) is 6.54 Å². The van der Waals surface area contributed by atoms with Gasteiger partial charge >= 0.3 is 0 Å². The van der Waals surface area contributed by atoms with Gasteiger partial charge in [-0.15, -0.1) is 13.2 Å². The van der Waals surface area contributed by atoms with Gasteiger partial charge in [0.2, 0.25) is 0 Å². The molecule has 0 aromatic heterocycles. The zero-order valence-corrected chi connectivity index (χ0v) is 24.5. The molecule has 31 heavy (non-hydrogen) atoms. The van der Waals surface area contributed by atoms with Crippen molar-refractivity contribution in [3.05, 3.63) is 23.6 Å². The lowest BCUT2D eigenvalue weighted by molar-refractivity contribution is 0.609. The molecule has 0 rings (SSSR count). The van der Waals surface area contributed by atoms with E-state index in [4.69, 9.17) is 4.99 Å². The first-order valence-corrected chi connectivity index (χ1v) is 18.9. The van der Waals surface area contributed by atoms with Crippen LogP contribution in [0.1, 0.15) is 106 Å². The molecule has 0 aromatic carbocycles. The third kappa shape index (κ3) is 11.8. The molecule has 0 saturated carbocycles. The molecule has 0 unspecified atom stereocenters. The second-order valence-corrected chi connectivity index (χ2v) is 20.0. The van der Waals surface area contributed by atoms with Gasteiger partial charge in [-0.2, -0.15) is 0 Å². The van der Waals surface area contributed by atoms with E-state index in [1.165, 1.54) is 106 Å². The van der Waals surface area contributed by atoms with Gasteiger partial charge in [0.25, 0.3) is 0 Å². The predicted molar refractivity (Wildman–Crippen MR) is 152 cm³/mol. The highest BCUT2D eigenvalue weighted by molar-refractivity contribution is 6.88. The van der Waals surface area contributed by atoms with E-state index in [1.54, 1.807) is 5.20 Å². The van der Waals surface area contributed by atoms with Crippen LogP contribution in [-0.4, -0.2) is 28.9 Å². The Morgan fingerprint density at radius 1 is 0.613 bits per heavy atom. The molecule has 0 atom stereocenters. The summed E-state index contributed by atoms with van der Waals surface area (Å²) in [7, 11) is -2.56. The summed E-state index contributed by atoms with van der Waals surface area (Å²) < 4.78 is 0. The van der Waals surface area contributed by atoms with Crippen molar-refractivity contribution in [2.45, 2.75) is 142 Å². The fraction of sp³-hybridized carbons (Fsp3) is 0.821. The average Bonchev–Trinajstić information content (AvgIpc) is 2.72. The maximum Gasteiger partial charge on any atom is 0.0856 e. The Morgan fingerprint density at radius 3 is 1.48 bits per heavy atom. The molecule has 0 aliphatic rings. The minimum Gasteiger partial charge on any atom is -0.298 e. The molecule has 0 bridgehead atoms. The second-order valence-electron chi connectivity index (χ2n) is 10.3. The van der Waals surface area contributed by atoms with Crippen LogP contribution in [0.25, 0.3) is 0 Å². The molecular weight excluding hydrogens is 406 g/mol. The number of unbranched alkanes of at least 4 members (excludes halogenated alkanes) is 5. The molecule has 0 N–H and O–H groups in total. The van der Waals surface area contributed by atoms with Crippen LogP contribution in [0.5, 0.6) is 0 Å². The molecule has 0 spiro atoms. The first-order valence-electron chi connectivity index (χ1n) is 13.6. The third-order valence-electron chi connectivity index (χ3n) is 7.53. The lowest BCUT2D eigenvalue weighted by Crippen LogP contribution is -2.35. The largest absolute Gasteiger partial charge is 0.298 e. The van der Waals surface area contributed by atoms with E-state index < -0.39 is 16.1 Å². The summed E-state index contributed by atoms with van der Waals surface area (Å²) >= 11 is 0. The average molecular weight is 464 g/mol. The SMILES string of the molecule is C=C(C)[Si](CC=NCCCCCCCC[Si](CCC)(CCC)C(=C)C)(CCC)CCC. The number of rotatable bonds is 21. The summed E-state index contributed by atoms with van der Waals surface area (Å²) in [5, 5.41) is 3.05. The van der Waals surface area contributed by atoms with Crippen LogP contribution in [0.15, 0.2) is 28.5 Å². The van der Waals surface area contributed by atoms with Crippen LogP contribution in [0, 0.1) is 0 Å².